The third kappa shape index (κ3) is 3.91. The molecule has 1 unspecified atom stereocenters. The summed E-state index contributed by atoms with van der Waals surface area (Å²) in [5.74, 6) is -0.204. The van der Waals surface area contributed by atoms with Gasteiger partial charge in [-0.3, -0.25) is 0 Å². The second-order valence-corrected chi connectivity index (χ2v) is 6.07. The maximum atomic E-state index is 13.2. The van der Waals surface area contributed by atoms with Crippen molar-refractivity contribution in [1.29, 1.82) is 0 Å². The monoisotopic (exact) mass is 271 g/mol. The fourth-order valence-electron chi connectivity index (χ4n) is 2.60. The van der Waals surface area contributed by atoms with Gasteiger partial charge < -0.3 is 5.73 Å². The predicted molar refractivity (Wildman–Crippen MR) is 82.3 cm³/mol. The van der Waals surface area contributed by atoms with Crippen molar-refractivity contribution >= 4 is 0 Å². The Kier molecular flexibility index (Phi) is 4.24. The van der Waals surface area contributed by atoms with E-state index in [0.29, 0.717) is 6.42 Å². The summed E-state index contributed by atoms with van der Waals surface area (Å²) in [5, 5.41) is 0. The molecule has 0 aliphatic rings. The molecule has 2 aromatic rings. The van der Waals surface area contributed by atoms with E-state index in [2.05, 4.69) is 32.0 Å². The highest BCUT2D eigenvalue weighted by Crippen LogP contribution is 2.20. The van der Waals surface area contributed by atoms with Crippen LogP contribution < -0.4 is 5.73 Å². The van der Waals surface area contributed by atoms with Gasteiger partial charge in [-0.05, 0) is 62.4 Å². The van der Waals surface area contributed by atoms with Crippen LogP contribution in [-0.2, 0) is 12.8 Å². The third-order valence-electron chi connectivity index (χ3n) is 3.60. The minimum atomic E-state index is -0.383. The highest BCUT2D eigenvalue weighted by Gasteiger charge is 2.21. The van der Waals surface area contributed by atoms with Crippen LogP contribution in [0.3, 0.4) is 0 Å². The first-order valence-electron chi connectivity index (χ1n) is 6.95. The van der Waals surface area contributed by atoms with Crippen LogP contribution in [0.15, 0.2) is 42.5 Å². The Labute approximate surface area is 120 Å². The molecule has 0 bridgehead atoms. The van der Waals surface area contributed by atoms with E-state index in [1.54, 1.807) is 12.1 Å². The number of nitrogens with two attached hydrogens (primary N) is 1. The standard InChI is InChI=1S/C18H22FN/c1-13-7-8-14(2)16(9-13)12-18(3,20)11-15-5-4-6-17(19)10-15/h4-10H,11-12,20H2,1-3H3. The summed E-state index contributed by atoms with van der Waals surface area (Å²) < 4.78 is 13.2. The Bertz CT molecular complexity index is 602. The van der Waals surface area contributed by atoms with Crippen LogP contribution in [-0.4, -0.2) is 5.54 Å². The molecule has 106 valence electrons. The summed E-state index contributed by atoms with van der Waals surface area (Å²) in [4.78, 5) is 0. The smallest absolute Gasteiger partial charge is 0.123 e. The minimum absolute atomic E-state index is 0.204. The van der Waals surface area contributed by atoms with Crippen molar-refractivity contribution in [2.45, 2.75) is 39.2 Å². The van der Waals surface area contributed by atoms with E-state index in [0.717, 1.165) is 12.0 Å². The van der Waals surface area contributed by atoms with Crippen molar-refractivity contribution in [2.24, 2.45) is 5.73 Å². The first-order valence-corrected chi connectivity index (χ1v) is 6.95. The lowest BCUT2D eigenvalue weighted by atomic mass is 9.85. The van der Waals surface area contributed by atoms with Gasteiger partial charge >= 0.3 is 0 Å². The lowest BCUT2D eigenvalue weighted by Crippen LogP contribution is -2.41. The predicted octanol–water partition coefficient (Wildman–Crippen LogP) is 3.95. The molecule has 0 fully saturated rings. The summed E-state index contributed by atoms with van der Waals surface area (Å²) in [5.41, 5.74) is 10.8. The zero-order chi connectivity index (χ0) is 14.8. The maximum Gasteiger partial charge on any atom is 0.123 e. The molecule has 2 rings (SSSR count). The quantitative estimate of drug-likeness (QED) is 0.895. The fourth-order valence-corrected chi connectivity index (χ4v) is 2.60. The van der Waals surface area contributed by atoms with E-state index in [9.17, 15) is 4.39 Å². The molecule has 2 heteroatoms. The summed E-state index contributed by atoms with van der Waals surface area (Å²) >= 11 is 0. The SMILES string of the molecule is Cc1ccc(C)c(CC(C)(N)Cc2cccc(F)c2)c1. The van der Waals surface area contributed by atoms with E-state index in [-0.39, 0.29) is 11.4 Å². The van der Waals surface area contributed by atoms with Gasteiger partial charge in [0.25, 0.3) is 0 Å². The van der Waals surface area contributed by atoms with Gasteiger partial charge in [0.1, 0.15) is 5.82 Å². The highest BCUT2D eigenvalue weighted by atomic mass is 19.1. The van der Waals surface area contributed by atoms with E-state index in [1.807, 2.05) is 13.0 Å². The van der Waals surface area contributed by atoms with E-state index in [4.69, 9.17) is 5.73 Å². The summed E-state index contributed by atoms with van der Waals surface area (Å²) in [6, 6.07) is 13.1. The summed E-state index contributed by atoms with van der Waals surface area (Å²) in [7, 11) is 0. The van der Waals surface area contributed by atoms with Crippen molar-refractivity contribution in [1.82, 2.24) is 0 Å². The van der Waals surface area contributed by atoms with Crippen molar-refractivity contribution in [3.05, 3.63) is 70.5 Å². The average Bonchev–Trinajstić information content (AvgIpc) is 2.33. The molecule has 2 aromatic carbocycles. The molecular formula is C18H22FN. The number of halogens is 1. The number of benzene rings is 2. The molecule has 0 aliphatic heterocycles. The zero-order valence-electron chi connectivity index (χ0n) is 12.4. The van der Waals surface area contributed by atoms with E-state index < -0.39 is 0 Å². The molecule has 0 aromatic heterocycles. The van der Waals surface area contributed by atoms with Crippen molar-refractivity contribution in [2.75, 3.05) is 0 Å². The molecule has 1 nitrogen and oxygen atoms in total. The van der Waals surface area contributed by atoms with Gasteiger partial charge in [-0.2, -0.15) is 0 Å². The Balaban J connectivity index is 2.16. The minimum Gasteiger partial charge on any atom is -0.325 e. The molecule has 0 saturated heterocycles. The van der Waals surface area contributed by atoms with Crippen LogP contribution in [0.1, 0.15) is 29.2 Å². The molecule has 0 saturated carbocycles. The molecule has 0 spiro atoms. The normalized spacial score (nSPS) is 14.1. The van der Waals surface area contributed by atoms with Crippen LogP contribution in [0.4, 0.5) is 4.39 Å². The largest absolute Gasteiger partial charge is 0.325 e. The van der Waals surface area contributed by atoms with E-state index in [1.165, 1.54) is 22.8 Å². The Hall–Kier alpha value is -1.67. The highest BCUT2D eigenvalue weighted by molar-refractivity contribution is 5.32. The Morgan fingerprint density at radius 3 is 2.50 bits per heavy atom. The molecule has 0 radical (unpaired) electrons. The molecule has 20 heavy (non-hydrogen) atoms. The molecule has 0 amide bonds. The number of hydrogen-bond donors (Lipinski definition) is 1. The average molecular weight is 271 g/mol. The summed E-state index contributed by atoms with van der Waals surface area (Å²) in [6.45, 7) is 6.22. The van der Waals surface area contributed by atoms with Gasteiger partial charge in [0.15, 0.2) is 0 Å². The second kappa shape index (κ2) is 5.76. The van der Waals surface area contributed by atoms with Crippen LogP contribution >= 0.6 is 0 Å². The Morgan fingerprint density at radius 2 is 1.80 bits per heavy atom. The van der Waals surface area contributed by atoms with Gasteiger partial charge in [0.2, 0.25) is 0 Å². The van der Waals surface area contributed by atoms with Crippen LogP contribution in [0.5, 0.6) is 0 Å². The topological polar surface area (TPSA) is 26.0 Å². The van der Waals surface area contributed by atoms with Crippen molar-refractivity contribution < 1.29 is 4.39 Å². The van der Waals surface area contributed by atoms with Crippen LogP contribution in [0.25, 0.3) is 0 Å². The van der Waals surface area contributed by atoms with Gasteiger partial charge in [-0.25, -0.2) is 4.39 Å². The van der Waals surface area contributed by atoms with E-state index >= 15 is 0 Å². The third-order valence-corrected chi connectivity index (χ3v) is 3.60. The molecule has 0 aliphatic carbocycles. The molecule has 2 N–H and O–H groups in total. The molecule has 1 atom stereocenters. The number of rotatable bonds is 4. The van der Waals surface area contributed by atoms with Crippen molar-refractivity contribution in [3.63, 3.8) is 0 Å². The van der Waals surface area contributed by atoms with Crippen LogP contribution in [0, 0.1) is 19.7 Å². The fraction of sp³-hybridized carbons (Fsp3) is 0.333. The van der Waals surface area contributed by atoms with Gasteiger partial charge in [0, 0.05) is 5.54 Å². The van der Waals surface area contributed by atoms with Gasteiger partial charge in [0.05, 0.1) is 0 Å². The molecule has 0 heterocycles. The maximum absolute atomic E-state index is 13.2. The lowest BCUT2D eigenvalue weighted by molar-refractivity contribution is 0.460. The van der Waals surface area contributed by atoms with Gasteiger partial charge in [-0.15, -0.1) is 0 Å². The molecular weight excluding hydrogens is 249 g/mol. The summed E-state index contributed by atoms with van der Waals surface area (Å²) in [6.07, 6.45) is 1.45. The first kappa shape index (κ1) is 14.7. The lowest BCUT2D eigenvalue weighted by Gasteiger charge is -2.26. The number of hydrogen-bond acceptors (Lipinski definition) is 1. The van der Waals surface area contributed by atoms with Gasteiger partial charge in [-0.1, -0.05) is 35.9 Å². The first-order chi connectivity index (χ1) is 9.35. The number of aryl methyl sites for hydroxylation is 2. The Morgan fingerprint density at radius 1 is 1.05 bits per heavy atom. The van der Waals surface area contributed by atoms with Crippen LogP contribution in [0.2, 0.25) is 0 Å². The second-order valence-electron chi connectivity index (χ2n) is 6.07. The zero-order valence-corrected chi connectivity index (χ0v) is 12.4. The van der Waals surface area contributed by atoms with Crippen molar-refractivity contribution in [3.8, 4) is 0 Å².